The van der Waals surface area contributed by atoms with Gasteiger partial charge in [-0.05, 0) is 39.0 Å². The summed E-state index contributed by atoms with van der Waals surface area (Å²) in [6.07, 6.45) is 0. The van der Waals surface area contributed by atoms with Gasteiger partial charge in [-0.15, -0.1) is 0 Å². The smallest absolute Gasteiger partial charge is 0.259 e. The van der Waals surface area contributed by atoms with Crippen LogP contribution < -0.4 is 20.3 Å². The van der Waals surface area contributed by atoms with Crippen molar-refractivity contribution in [2.45, 2.75) is 20.8 Å². The van der Waals surface area contributed by atoms with Crippen LogP contribution >= 0.6 is 0 Å². The average molecular weight is 367 g/mol. The van der Waals surface area contributed by atoms with E-state index in [2.05, 4.69) is 20.3 Å². The van der Waals surface area contributed by atoms with E-state index in [1.54, 1.807) is 39.3 Å². The standard InChI is InChI=1S/C19H21N5O3/c1-11-8-12(2)21-18(20-11)23-19-22-13(3)9-17(25)24(19)14-6-7-15(26-4)16(10-14)27-5/h6-10H,1-5H3,(H,20,21,22,23). The van der Waals surface area contributed by atoms with Crippen molar-refractivity contribution >= 4 is 11.9 Å². The lowest BCUT2D eigenvalue weighted by Crippen LogP contribution is -2.23. The Hall–Kier alpha value is -3.42. The highest BCUT2D eigenvalue weighted by atomic mass is 16.5. The van der Waals surface area contributed by atoms with E-state index >= 15 is 0 Å². The van der Waals surface area contributed by atoms with Crippen molar-refractivity contribution < 1.29 is 9.47 Å². The SMILES string of the molecule is COc1ccc(-n2c(Nc3nc(C)cc(C)n3)nc(C)cc2=O)cc1OC. The first kappa shape index (κ1) is 18.4. The average Bonchev–Trinajstić information content (AvgIpc) is 2.60. The van der Waals surface area contributed by atoms with Crippen LogP contribution in [0.5, 0.6) is 11.5 Å². The van der Waals surface area contributed by atoms with Gasteiger partial charge in [0.25, 0.3) is 5.56 Å². The lowest BCUT2D eigenvalue weighted by molar-refractivity contribution is 0.355. The van der Waals surface area contributed by atoms with Crippen molar-refractivity contribution in [2.75, 3.05) is 19.5 Å². The van der Waals surface area contributed by atoms with Crippen molar-refractivity contribution in [3.05, 3.63) is 57.8 Å². The molecule has 2 aromatic heterocycles. The third kappa shape index (κ3) is 3.89. The molecule has 0 atom stereocenters. The molecule has 0 unspecified atom stereocenters. The summed E-state index contributed by atoms with van der Waals surface area (Å²) in [6.45, 7) is 5.52. The zero-order valence-corrected chi connectivity index (χ0v) is 15.9. The minimum absolute atomic E-state index is 0.235. The summed E-state index contributed by atoms with van der Waals surface area (Å²) in [5.41, 5.74) is 2.57. The second kappa shape index (κ2) is 7.45. The molecule has 0 saturated heterocycles. The van der Waals surface area contributed by atoms with Crippen LogP contribution in [0.25, 0.3) is 5.69 Å². The molecule has 8 heteroatoms. The van der Waals surface area contributed by atoms with Crippen molar-refractivity contribution in [2.24, 2.45) is 0 Å². The highest BCUT2D eigenvalue weighted by Gasteiger charge is 2.14. The number of nitrogens with one attached hydrogen (secondary N) is 1. The first-order chi connectivity index (χ1) is 12.9. The third-order valence-corrected chi connectivity index (χ3v) is 3.88. The molecule has 0 aliphatic heterocycles. The monoisotopic (exact) mass is 367 g/mol. The van der Waals surface area contributed by atoms with E-state index in [1.165, 1.54) is 10.6 Å². The van der Waals surface area contributed by atoms with Gasteiger partial charge in [0.1, 0.15) is 0 Å². The molecule has 0 fully saturated rings. The molecule has 0 spiro atoms. The molecular formula is C19H21N5O3. The largest absolute Gasteiger partial charge is 0.493 e. The van der Waals surface area contributed by atoms with E-state index in [0.29, 0.717) is 34.8 Å². The summed E-state index contributed by atoms with van der Waals surface area (Å²) in [5.74, 6) is 1.77. The maximum Gasteiger partial charge on any atom is 0.259 e. The van der Waals surface area contributed by atoms with E-state index in [4.69, 9.17) is 9.47 Å². The number of hydrogen-bond donors (Lipinski definition) is 1. The number of benzene rings is 1. The molecule has 3 rings (SSSR count). The molecule has 3 aromatic rings. The van der Waals surface area contributed by atoms with Gasteiger partial charge in [0.2, 0.25) is 11.9 Å². The number of ether oxygens (including phenoxy) is 2. The fraction of sp³-hybridized carbons (Fsp3) is 0.263. The Morgan fingerprint density at radius 1 is 0.852 bits per heavy atom. The zero-order chi connectivity index (χ0) is 19.6. The topological polar surface area (TPSA) is 91.2 Å². The normalized spacial score (nSPS) is 10.6. The zero-order valence-electron chi connectivity index (χ0n) is 15.9. The molecule has 140 valence electrons. The van der Waals surface area contributed by atoms with Crippen LogP contribution in [0.3, 0.4) is 0 Å². The fourth-order valence-electron chi connectivity index (χ4n) is 2.78. The minimum Gasteiger partial charge on any atom is -0.493 e. The van der Waals surface area contributed by atoms with Gasteiger partial charge in [-0.3, -0.25) is 10.1 Å². The number of aryl methyl sites for hydroxylation is 3. The van der Waals surface area contributed by atoms with E-state index in [9.17, 15) is 4.79 Å². The van der Waals surface area contributed by atoms with Crippen molar-refractivity contribution in [3.63, 3.8) is 0 Å². The first-order valence-corrected chi connectivity index (χ1v) is 8.33. The number of anilines is 2. The van der Waals surface area contributed by atoms with Gasteiger partial charge in [-0.25, -0.2) is 19.5 Å². The highest BCUT2D eigenvalue weighted by Crippen LogP contribution is 2.29. The predicted octanol–water partition coefficient (Wildman–Crippen LogP) is 2.71. The van der Waals surface area contributed by atoms with E-state index in [0.717, 1.165) is 11.4 Å². The van der Waals surface area contributed by atoms with Gasteiger partial charge in [-0.1, -0.05) is 0 Å². The van der Waals surface area contributed by atoms with Gasteiger partial charge in [0.15, 0.2) is 11.5 Å². The number of nitrogens with zero attached hydrogens (tertiary/aromatic N) is 4. The molecule has 1 N–H and O–H groups in total. The quantitative estimate of drug-likeness (QED) is 0.741. The molecule has 0 bridgehead atoms. The fourth-order valence-corrected chi connectivity index (χ4v) is 2.78. The molecule has 0 aliphatic rings. The molecule has 8 nitrogen and oxygen atoms in total. The Labute approximate surface area is 156 Å². The van der Waals surface area contributed by atoms with Crippen LogP contribution in [-0.4, -0.2) is 33.7 Å². The van der Waals surface area contributed by atoms with E-state index in [1.807, 2.05) is 19.9 Å². The van der Waals surface area contributed by atoms with Crippen molar-refractivity contribution in [3.8, 4) is 17.2 Å². The Morgan fingerprint density at radius 2 is 1.48 bits per heavy atom. The molecule has 0 aliphatic carbocycles. The molecular weight excluding hydrogens is 346 g/mol. The van der Waals surface area contributed by atoms with Gasteiger partial charge in [-0.2, -0.15) is 0 Å². The first-order valence-electron chi connectivity index (χ1n) is 8.33. The Kier molecular flexibility index (Phi) is 5.07. The molecule has 0 radical (unpaired) electrons. The van der Waals surface area contributed by atoms with Crippen LogP contribution in [0.1, 0.15) is 17.1 Å². The van der Waals surface area contributed by atoms with Gasteiger partial charge in [0, 0.05) is 29.2 Å². The summed E-state index contributed by atoms with van der Waals surface area (Å²) in [7, 11) is 3.10. The second-order valence-electron chi connectivity index (χ2n) is 6.03. The van der Waals surface area contributed by atoms with Gasteiger partial charge in [0.05, 0.1) is 19.9 Å². The Bertz CT molecular complexity index is 1030. The maximum absolute atomic E-state index is 12.7. The summed E-state index contributed by atoms with van der Waals surface area (Å²) in [4.78, 5) is 25.9. The summed E-state index contributed by atoms with van der Waals surface area (Å²) < 4.78 is 12.1. The van der Waals surface area contributed by atoms with Gasteiger partial charge >= 0.3 is 0 Å². The molecule has 27 heavy (non-hydrogen) atoms. The molecule has 1 aromatic carbocycles. The predicted molar refractivity (Wildman–Crippen MR) is 102 cm³/mol. The van der Waals surface area contributed by atoms with Gasteiger partial charge < -0.3 is 9.47 Å². The molecule has 0 saturated carbocycles. The highest BCUT2D eigenvalue weighted by molar-refractivity contribution is 5.54. The number of methoxy groups -OCH3 is 2. The molecule has 2 heterocycles. The Balaban J connectivity index is 2.15. The van der Waals surface area contributed by atoms with Crippen molar-refractivity contribution in [1.82, 2.24) is 19.5 Å². The van der Waals surface area contributed by atoms with Crippen LogP contribution in [0, 0.1) is 20.8 Å². The number of rotatable bonds is 5. The van der Waals surface area contributed by atoms with E-state index in [-0.39, 0.29) is 5.56 Å². The number of aromatic nitrogens is 4. The van der Waals surface area contributed by atoms with Crippen LogP contribution in [0.2, 0.25) is 0 Å². The molecule has 0 amide bonds. The summed E-state index contributed by atoms with van der Waals surface area (Å²) >= 11 is 0. The maximum atomic E-state index is 12.7. The lowest BCUT2D eigenvalue weighted by atomic mass is 10.2. The summed E-state index contributed by atoms with van der Waals surface area (Å²) in [5, 5.41) is 3.06. The van der Waals surface area contributed by atoms with Crippen molar-refractivity contribution in [1.29, 1.82) is 0 Å². The van der Waals surface area contributed by atoms with Crippen LogP contribution in [0.15, 0.2) is 35.1 Å². The van der Waals surface area contributed by atoms with Crippen LogP contribution in [0.4, 0.5) is 11.9 Å². The Morgan fingerprint density at radius 3 is 2.11 bits per heavy atom. The van der Waals surface area contributed by atoms with E-state index < -0.39 is 0 Å². The number of hydrogen-bond acceptors (Lipinski definition) is 7. The lowest BCUT2D eigenvalue weighted by Gasteiger charge is -2.15. The second-order valence-corrected chi connectivity index (χ2v) is 6.03. The third-order valence-electron chi connectivity index (χ3n) is 3.88. The van der Waals surface area contributed by atoms with Crippen LogP contribution in [-0.2, 0) is 0 Å². The minimum atomic E-state index is -0.235. The summed E-state index contributed by atoms with van der Waals surface area (Å²) in [6, 6.07) is 8.54.